The number of benzene rings is 2. The molecule has 0 atom stereocenters. The van der Waals surface area contributed by atoms with Crippen molar-refractivity contribution in [1.82, 2.24) is 4.98 Å². The number of hydrogen-bond donors (Lipinski definition) is 2. The molecule has 1 aliphatic rings. The molecule has 0 bridgehead atoms. The molecule has 1 amide bonds. The van der Waals surface area contributed by atoms with Gasteiger partial charge in [-0.3, -0.25) is 4.79 Å². The van der Waals surface area contributed by atoms with Gasteiger partial charge in [0.1, 0.15) is 0 Å². The number of methoxy groups -OCH3 is 1. The molecule has 23 heavy (non-hydrogen) atoms. The standard InChI is InChI=1S/C18H14N2O3/c1-23-18(22)10-6-7-15-12(8-10)13-9-16(21)19-14-5-3-2-4-11(14)17(13)20-15/h2-8,20H,9H2,1H3,(H,19,21). The molecule has 5 heteroatoms. The molecule has 2 heterocycles. The van der Waals surface area contributed by atoms with Gasteiger partial charge in [0.05, 0.1) is 30.5 Å². The van der Waals surface area contributed by atoms with Gasteiger partial charge in [-0.15, -0.1) is 0 Å². The van der Waals surface area contributed by atoms with Gasteiger partial charge in [0.2, 0.25) is 5.91 Å². The van der Waals surface area contributed by atoms with E-state index >= 15 is 0 Å². The molecule has 3 aromatic rings. The summed E-state index contributed by atoms with van der Waals surface area (Å²) < 4.78 is 4.78. The van der Waals surface area contributed by atoms with Crippen LogP contribution in [0.25, 0.3) is 22.2 Å². The minimum atomic E-state index is -0.389. The third kappa shape index (κ3) is 2.09. The maximum absolute atomic E-state index is 12.2. The van der Waals surface area contributed by atoms with Crippen LogP contribution >= 0.6 is 0 Å². The molecule has 0 aliphatic carbocycles. The molecule has 0 saturated heterocycles. The molecule has 0 radical (unpaired) electrons. The van der Waals surface area contributed by atoms with Crippen molar-refractivity contribution in [2.24, 2.45) is 0 Å². The normalized spacial score (nSPS) is 13.0. The number of para-hydroxylation sites is 1. The second-order valence-electron chi connectivity index (χ2n) is 5.50. The fourth-order valence-electron chi connectivity index (χ4n) is 3.07. The zero-order chi connectivity index (χ0) is 16.0. The van der Waals surface area contributed by atoms with Crippen molar-refractivity contribution in [3.63, 3.8) is 0 Å². The summed E-state index contributed by atoms with van der Waals surface area (Å²) >= 11 is 0. The Morgan fingerprint density at radius 3 is 2.83 bits per heavy atom. The Morgan fingerprint density at radius 1 is 1.17 bits per heavy atom. The number of amides is 1. The minimum Gasteiger partial charge on any atom is -0.465 e. The quantitative estimate of drug-likeness (QED) is 0.679. The lowest BCUT2D eigenvalue weighted by Crippen LogP contribution is -2.12. The van der Waals surface area contributed by atoms with Crippen LogP contribution in [0.1, 0.15) is 15.9 Å². The number of carbonyl (C=O) groups is 2. The number of hydrogen-bond acceptors (Lipinski definition) is 3. The Balaban J connectivity index is 2.00. The van der Waals surface area contributed by atoms with Gasteiger partial charge in [0.25, 0.3) is 0 Å². The number of rotatable bonds is 1. The van der Waals surface area contributed by atoms with Crippen molar-refractivity contribution >= 4 is 28.5 Å². The van der Waals surface area contributed by atoms with E-state index in [2.05, 4.69) is 10.3 Å². The first-order valence-corrected chi connectivity index (χ1v) is 7.29. The third-order valence-electron chi connectivity index (χ3n) is 4.14. The predicted molar refractivity (Wildman–Crippen MR) is 87.4 cm³/mol. The van der Waals surface area contributed by atoms with Crippen molar-refractivity contribution in [3.05, 3.63) is 53.6 Å². The molecular weight excluding hydrogens is 292 g/mol. The molecule has 0 spiro atoms. The average molecular weight is 306 g/mol. The van der Waals surface area contributed by atoms with Crippen LogP contribution < -0.4 is 5.32 Å². The van der Waals surface area contributed by atoms with Crippen molar-refractivity contribution in [3.8, 4) is 11.3 Å². The van der Waals surface area contributed by atoms with E-state index in [9.17, 15) is 9.59 Å². The summed E-state index contributed by atoms with van der Waals surface area (Å²) in [5, 5.41) is 3.79. The molecule has 5 nitrogen and oxygen atoms in total. The second-order valence-corrected chi connectivity index (χ2v) is 5.50. The Morgan fingerprint density at radius 2 is 2.00 bits per heavy atom. The summed E-state index contributed by atoms with van der Waals surface area (Å²) in [5.41, 5.74) is 4.91. The van der Waals surface area contributed by atoms with Crippen LogP contribution in [0.5, 0.6) is 0 Å². The zero-order valence-electron chi connectivity index (χ0n) is 12.5. The number of nitrogens with one attached hydrogen (secondary N) is 2. The van der Waals surface area contributed by atoms with Crippen molar-refractivity contribution in [1.29, 1.82) is 0 Å². The van der Waals surface area contributed by atoms with Crippen LogP contribution in [0.15, 0.2) is 42.5 Å². The number of aromatic amines is 1. The number of esters is 1. The lowest BCUT2D eigenvalue weighted by Gasteiger charge is -2.05. The Bertz CT molecular complexity index is 956. The zero-order valence-corrected chi connectivity index (χ0v) is 12.5. The smallest absolute Gasteiger partial charge is 0.337 e. The fourth-order valence-corrected chi connectivity index (χ4v) is 3.07. The van der Waals surface area contributed by atoms with Gasteiger partial charge in [0.15, 0.2) is 0 Å². The summed E-state index contributed by atoms with van der Waals surface area (Å²) in [4.78, 5) is 27.3. The van der Waals surface area contributed by atoms with Crippen LogP contribution in [0, 0.1) is 0 Å². The number of carbonyl (C=O) groups excluding carboxylic acids is 2. The van der Waals surface area contributed by atoms with E-state index in [1.54, 1.807) is 12.1 Å². The average Bonchev–Trinajstić information content (AvgIpc) is 2.85. The van der Waals surface area contributed by atoms with E-state index < -0.39 is 0 Å². The van der Waals surface area contributed by atoms with Gasteiger partial charge in [0, 0.05) is 16.5 Å². The van der Waals surface area contributed by atoms with Gasteiger partial charge >= 0.3 is 5.97 Å². The minimum absolute atomic E-state index is 0.0689. The second kappa shape index (κ2) is 4.98. The van der Waals surface area contributed by atoms with E-state index in [0.717, 1.165) is 33.4 Å². The van der Waals surface area contributed by atoms with Crippen molar-refractivity contribution in [2.45, 2.75) is 6.42 Å². The molecule has 114 valence electrons. The maximum atomic E-state index is 12.2. The lowest BCUT2D eigenvalue weighted by molar-refractivity contribution is -0.115. The highest BCUT2D eigenvalue weighted by Gasteiger charge is 2.23. The molecule has 2 N–H and O–H groups in total. The molecule has 2 aromatic carbocycles. The summed E-state index contributed by atoms with van der Waals surface area (Å²) in [5.74, 6) is -0.458. The summed E-state index contributed by atoms with van der Waals surface area (Å²) in [6, 6.07) is 13.0. The van der Waals surface area contributed by atoms with Crippen molar-refractivity contribution in [2.75, 3.05) is 12.4 Å². The van der Waals surface area contributed by atoms with Crippen LogP contribution in [-0.2, 0) is 16.0 Å². The number of ether oxygens (including phenoxy) is 1. The monoisotopic (exact) mass is 306 g/mol. The first-order chi connectivity index (χ1) is 11.2. The van der Waals surface area contributed by atoms with Crippen LogP contribution in [-0.4, -0.2) is 24.0 Å². The number of anilines is 1. The lowest BCUT2D eigenvalue weighted by atomic mass is 10.0. The van der Waals surface area contributed by atoms with E-state index in [1.807, 2.05) is 30.3 Å². The van der Waals surface area contributed by atoms with Crippen molar-refractivity contribution < 1.29 is 14.3 Å². The van der Waals surface area contributed by atoms with E-state index in [0.29, 0.717) is 5.56 Å². The van der Waals surface area contributed by atoms with Gasteiger partial charge in [-0.05, 0) is 29.8 Å². The SMILES string of the molecule is COC(=O)c1ccc2[nH]c3c(c2c1)CC(=O)Nc1ccccc1-3. The van der Waals surface area contributed by atoms with Crippen LogP contribution in [0.2, 0.25) is 0 Å². The van der Waals surface area contributed by atoms with Gasteiger partial charge < -0.3 is 15.0 Å². The highest BCUT2D eigenvalue weighted by atomic mass is 16.5. The van der Waals surface area contributed by atoms with Gasteiger partial charge in [-0.25, -0.2) is 4.79 Å². The Kier molecular flexibility index (Phi) is 2.94. The van der Waals surface area contributed by atoms with Gasteiger partial charge in [-0.1, -0.05) is 18.2 Å². The fraction of sp³-hybridized carbons (Fsp3) is 0.111. The molecule has 0 unspecified atom stereocenters. The maximum Gasteiger partial charge on any atom is 0.337 e. The van der Waals surface area contributed by atoms with Crippen LogP contribution in [0.3, 0.4) is 0 Å². The first-order valence-electron chi connectivity index (χ1n) is 7.29. The highest BCUT2D eigenvalue weighted by Crippen LogP contribution is 2.37. The Labute approximate surface area is 132 Å². The van der Waals surface area contributed by atoms with Crippen LogP contribution in [0.4, 0.5) is 5.69 Å². The Hall–Kier alpha value is -3.08. The molecule has 4 rings (SSSR count). The number of fused-ring (bicyclic) bond motifs is 5. The molecule has 0 fully saturated rings. The summed E-state index contributed by atoms with van der Waals surface area (Å²) in [6.45, 7) is 0. The summed E-state index contributed by atoms with van der Waals surface area (Å²) in [6.07, 6.45) is 0.259. The summed E-state index contributed by atoms with van der Waals surface area (Å²) in [7, 11) is 1.36. The highest BCUT2D eigenvalue weighted by molar-refractivity contribution is 6.06. The predicted octanol–water partition coefficient (Wildman–Crippen LogP) is 3.12. The van der Waals surface area contributed by atoms with E-state index in [-0.39, 0.29) is 18.3 Å². The van der Waals surface area contributed by atoms with E-state index in [4.69, 9.17) is 4.74 Å². The van der Waals surface area contributed by atoms with E-state index in [1.165, 1.54) is 7.11 Å². The first kappa shape index (κ1) is 13.6. The number of aromatic nitrogens is 1. The number of H-pyrrole nitrogens is 1. The molecular formula is C18H14N2O3. The largest absolute Gasteiger partial charge is 0.465 e. The molecule has 0 saturated carbocycles. The van der Waals surface area contributed by atoms with Gasteiger partial charge in [-0.2, -0.15) is 0 Å². The third-order valence-corrected chi connectivity index (χ3v) is 4.14. The molecule has 1 aliphatic heterocycles. The molecule has 1 aromatic heterocycles. The topological polar surface area (TPSA) is 71.2 Å².